The first-order valence-electron chi connectivity index (χ1n) is 8.52. The van der Waals surface area contributed by atoms with Crippen LogP contribution in [0.15, 0.2) is 54.7 Å². The van der Waals surface area contributed by atoms with Crippen molar-refractivity contribution >= 4 is 40.4 Å². The Morgan fingerprint density at radius 1 is 0.962 bits per heavy atom. The average molecular weight is 369 g/mol. The molecular formula is C19H21ClN6. The Hall–Kier alpha value is -2.86. The number of hydrogen-bond acceptors (Lipinski definition) is 6. The van der Waals surface area contributed by atoms with Gasteiger partial charge in [-0.05, 0) is 56.3 Å². The molecule has 2 aromatic carbocycles. The predicted molar refractivity (Wildman–Crippen MR) is 108 cm³/mol. The van der Waals surface area contributed by atoms with Crippen molar-refractivity contribution in [2.24, 2.45) is 0 Å². The van der Waals surface area contributed by atoms with E-state index in [-0.39, 0.29) is 0 Å². The zero-order chi connectivity index (χ0) is 18.4. The Morgan fingerprint density at radius 3 is 2.42 bits per heavy atom. The highest BCUT2D eigenvalue weighted by Crippen LogP contribution is 2.21. The van der Waals surface area contributed by atoms with E-state index in [1.807, 2.05) is 30.3 Å². The van der Waals surface area contributed by atoms with Crippen LogP contribution in [0.5, 0.6) is 0 Å². The van der Waals surface area contributed by atoms with E-state index in [2.05, 4.69) is 56.7 Å². The molecule has 0 radical (unpaired) electrons. The second kappa shape index (κ2) is 8.49. The topological polar surface area (TPSA) is 66.0 Å². The van der Waals surface area contributed by atoms with Crippen molar-refractivity contribution < 1.29 is 0 Å². The molecule has 6 nitrogen and oxygen atoms in total. The van der Waals surface area contributed by atoms with E-state index in [0.29, 0.717) is 16.8 Å². The molecule has 2 N–H and O–H groups in total. The fourth-order valence-corrected chi connectivity index (χ4v) is 2.79. The predicted octanol–water partition coefficient (Wildman–Crippen LogP) is 4.86. The highest BCUT2D eigenvalue weighted by molar-refractivity contribution is 6.30. The zero-order valence-corrected chi connectivity index (χ0v) is 15.5. The third-order valence-corrected chi connectivity index (χ3v) is 4.14. The van der Waals surface area contributed by atoms with Crippen LogP contribution in [0.1, 0.15) is 13.8 Å². The Balaban J connectivity index is 1.70. The summed E-state index contributed by atoms with van der Waals surface area (Å²) in [6, 6.07) is 15.6. The van der Waals surface area contributed by atoms with Gasteiger partial charge in [0, 0.05) is 35.2 Å². The number of anilines is 5. The number of rotatable bonds is 7. The normalized spacial score (nSPS) is 10.4. The van der Waals surface area contributed by atoms with Crippen LogP contribution < -0.4 is 15.5 Å². The molecule has 0 spiro atoms. The number of nitrogens with zero attached hydrogens (tertiary/aromatic N) is 4. The van der Waals surface area contributed by atoms with Gasteiger partial charge in [0.2, 0.25) is 5.95 Å². The van der Waals surface area contributed by atoms with Crippen LogP contribution in [0.2, 0.25) is 5.02 Å². The van der Waals surface area contributed by atoms with E-state index < -0.39 is 0 Å². The molecule has 3 aromatic rings. The smallest absolute Gasteiger partial charge is 0.249 e. The summed E-state index contributed by atoms with van der Waals surface area (Å²) in [6.45, 7) is 6.27. The van der Waals surface area contributed by atoms with Crippen LogP contribution in [-0.4, -0.2) is 28.3 Å². The molecule has 0 amide bonds. The summed E-state index contributed by atoms with van der Waals surface area (Å²) in [4.78, 5) is 6.73. The number of hydrogen-bond donors (Lipinski definition) is 2. The van der Waals surface area contributed by atoms with Gasteiger partial charge in [0.05, 0.1) is 6.20 Å². The van der Waals surface area contributed by atoms with Gasteiger partial charge in [0.25, 0.3) is 0 Å². The fourth-order valence-electron chi connectivity index (χ4n) is 2.60. The summed E-state index contributed by atoms with van der Waals surface area (Å²) in [6.07, 6.45) is 1.58. The van der Waals surface area contributed by atoms with Crippen molar-refractivity contribution in [3.8, 4) is 0 Å². The second-order valence-corrected chi connectivity index (χ2v) is 6.08. The minimum atomic E-state index is 0.400. The summed E-state index contributed by atoms with van der Waals surface area (Å²) in [7, 11) is 0. The lowest BCUT2D eigenvalue weighted by Gasteiger charge is -2.21. The number of nitrogens with one attached hydrogen (secondary N) is 2. The van der Waals surface area contributed by atoms with Gasteiger partial charge in [-0.3, -0.25) is 0 Å². The van der Waals surface area contributed by atoms with Gasteiger partial charge in [0.15, 0.2) is 5.82 Å². The van der Waals surface area contributed by atoms with Crippen LogP contribution in [0, 0.1) is 0 Å². The van der Waals surface area contributed by atoms with Crippen LogP contribution in [0.25, 0.3) is 0 Å². The first kappa shape index (κ1) is 17.9. The second-order valence-electron chi connectivity index (χ2n) is 5.64. The Morgan fingerprint density at radius 2 is 1.73 bits per heavy atom. The van der Waals surface area contributed by atoms with E-state index in [1.54, 1.807) is 12.3 Å². The molecule has 3 rings (SSSR count). The molecule has 0 atom stereocenters. The first-order chi connectivity index (χ1) is 12.7. The van der Waals surface area contributed by atoms with Gasteiger partial charge < -0.3 is 15.5 Å². The monoisotopic (exact) mass is 368 g/mol. The van der Waals surface area contributed by atoms with Crippen LogP contribution in [0.3, 0.4) is 0 Å². The molecule has 0 unspecified atom stereocenters. The van der Waals surface area contributed by atoms with Crippen LogP contribution in [0.4, 0.5) is 28.8 Å². The van der Waals surface area contributed by atoms with Crippen molar-refractivity contribution in [3.63, 3.8) is 0 Å². The molecule has 0 saturated heterocycles. The Labute approximate surface area is 158 Å². The van der Waals surface area contributed by atoms with Crippen molar-refractivity contribution in [1.82, 2.24) is 15.2 Å². The lowest BCUT2D eigenvalue weighted by Crippen LogP contribution is -2.21. The van der Waals surface area contributed by atoms with E-state index in [4.69, 9.17) is 11.6 Å². The fraction of sp³-hybridized carbons (Fsp3) is 0.211. The average Bonchev–Trinajstić information content (AvgIpc) is 2.64. The maximum absolute atomic E-state index is 5.99. The maximum atomic E-state index is 5.99. The van der Waals surface area contributed by atoms with Gasteiger partial charge in [0.1, 0.15) is 0 Å². The summed E-state index contributed by atoms with van der Waals surface area (Å²) in [5.41, 5.74) is 2.94. The lowest BCUT2D eigenvalue weighted by atomic mass is 10.2. The highest BCUT2D eigenvalue weighted by atomic mass is 35.5. The third-order valence-electron chi connectivity index (χ3n) is 3.91. The van der Waals surface area contributed by atoms with Crippen molar-refractivity contribution in [1.29, 1.82) is 0 Å². The zero-order valence-electron chi connectivity index (χ0n) is 14.8. The van der Waals surface area contributed by atoms with Gasteiger partial charge in [-0.15, -0.1) is 5.10 Å². The Bertz CT molecular complexity index is 849. The molecular weight excluding hydrogens is 348 g/mol. The van der Waals surface area contributed by atoms with Crippen LogP contribution >= 0.6 is 11.6 Å². The van der Waals surface area contributed by atoms with E-state index >= 15 is 0 Å². The summed E-state index contributed by atoms with van der Waals surface area (Å²) in [5.74, 6) is 1.01. The van der Waals surface area contributed by atoms with Gasteiger partial charge in [-0.1, -0.05) is 17.7 Å². The molecule has 0 bridgehead atoms. The van der Waals surface area contributed by atoms with E-state index in [9.17, 15) is 0 Å². The summed E-state index contributed by atoms with van der Waals surface area (Å²) >= 11 is 5.99. The summed E-state index contributed by atoms with van der Waals surface area (Å²) in [5, 5.41) is 15.0. The largest absolute Gasteiger partial charge is 0.372 e. The number of benzene rings is 2. The first-order valence-corrected chi connectivity index (χ1v) is 8.90. The minimum absolute atomic E-state index is 0.400. The molecule has 1 heterocycles. The number of halogens is 1. The van der Waals surface area contributed by atoms with Gasteiger partial charge >= 0.3 is 0 Å². The van der Waals surface area contributed by atoms with Crippen molar-refractivity contribution in [2.75, 3.05) is 28.6 Å². The Kier molecular flexibility index (Phi) is 5.86. The quantitative estimate of drug-likeness (QED) is 0.621. The van der Waals surface area contributed by atoms with Gasteiger partial charge in [-0.25, -0.2) is 0 Å². The SMILES string of the molecule is CCN(CC)c1ccc(Nc2cnnc(Nc3cccc(Cl)c3)n2)cc1. The van der Waals surface area contributed by atoms with Crippen LogP contribution in [-0.2, 0) is 0 Å². The lowest BCUT2D eigenvalue weighted by molar-refractivity contribution is 0.866. The third kappa shape index (κ3) is 4.61. The molecule has 0 saturated carbocycles. The standard InChI is InChI=1S/C19H21ClN6/c1-3-26(4-2)17-10-8-15(9-11-17)22-18-13-21-25-19(24-18)23-16-7-5-6-14(20)12-16/h5-13H,3-4H2,1-2H3,(H2,22,23,24,25). The summed E-state index contributed by atoms with van der Waals surface area (Å²) < 4.78 is 0. The van der Waals surface area contributed by atoms with E-state index in [1.165, 1.54) is 5.69 Å². The van der Waals surface area contributed by atoms with Crippen molar-refractivity contribution in [2.45, 2.75) is 13.8 Å². The molecule has 7 heteroatoms. The highest BCUT2D eigenvalue weighted by Gasteiger charge is 2.04. The minimum Gasteiger partial charge on any atom is -0.372 e. The molecule has 0 aliphatic rings. The molecule has 134 valence electrons. The van der Waals surface area contributed by atoms with Crippen molar-refractivity contribution in [3.05, 3.63) is 59.8 Å². The van der Waals surface area contributed by atoms with Gasteiger partial charge in [-0.2, -0.15) is 10.1 Å². The maximum Gasteiger partial charge on any atom is 0.249 e. The van der Waals surface area contributed by atoms with E-state index in [0.717, 1.165) is 24.5 Å². The molecule has 1 aromatic heterocycles. The number of aromatic nitrogens is 3. The molecule has 0 aliphatic carbocycles. The molecule has 0 aliphatic heterocycles. The molecule has 26 heavy (non-hydrogen) atoms. The molecule has 0 fully saturated rings.